The molecule has 1 aliphatic rings. The standard InChI is InChI=1S/C8H12O3/c1-3-11-8(10)7-5(2)6(7)4-9/h4-7H,3H2,1-2H3/t5-,6-,7+/m1/s1. The van der Waals surface area contributed by atoms with Gasteiger partial charge < -0.3 is 9.53 Å². The van der Waals surface area contributed by atoms with Crippen LogP contribution in [0.1, 0.15) is 13.8 Å². The van der Waals surface area contributed by atoms with E-state index in [1.165, 1.54) is 0 Å². The van der Waals surface area contributed by atoms with Gasteiger partial charge in [0.2, 0.25) is 0 Å². The number of aldehydes is 1. The smallest absolute Gasteiger partial charge is 0.309 e. The molecule has 0 aromatic rings. The molecule has 1 rings (SSSR count). The van der Waals surface area contributed by atoms with E-state index in [2.05, 4.69) is 0 Å². The highest BCUT2D eigenvalue weighted by molar-refractivity contribution is 5.82. The average molecular weight is 156 g/mol. The molecule has 0 N–H and O–H groups in total. The molecule has 1 fully saturated rings. The Balaban J connectivity index is 2.39. The van der Waals surface area contributed by atoms with Crippen molar-refractivity contribution in [1.29, 1.82) is 0 Å². The van der Waals surface area contributed by atoms with Gasteiger partial charge in [0.25, 0.3) is 0 Å². The summed E-state index contributed by atoms with van der Waals surface area (Å²) >= 11 is 0. The molecule has 0 spiro atoms. The van der Waals surface area contributed by atoms with Gasteiger partial charge in [-0.1, -0.05) is 6.92 Å². The maximum Gasteiger partial charge on any atom is 0.309 e. The summed E-state index contributed by atoms with van der Waals surface area (Å²) in [4.78, 5) is 21.3. The van der Waals surface area contributed by atoms with Crippen molar-refractivity contribution in [2.24, 2.45) is 17.8 Å². The van der Waals surface area contributed by atoms with E-state index >= 15 is 0 Å². The molecule has 0 heterocycles. The second-order valence-electron chi connectivity index (χ2n) is 2.85. The molecule has 3 nitrogen and oxygen atoms in total. The van der Waals surface area contributed by atoms with Crippen molar-refractivity contribution in [2.45, 2.75) is 13.8 Å². The minimum Gasteiger partial charge on any atom is -0.466 e. The van der Waals surface area contributed by atoms with Gasteiger partial charge >= 0.3 is 5.97 Å². The Kier molecular flexibility index (Phi) is 2.27. The zero-order chi connectivity index (χ0) is 8.43. The minimum absolute atomic E-state index is 0.0888. The van der Waals surface area contributed by atoms with Crippen LogP contribution in [0.3, 0.4) is 0 Å². The quantitative estimate of drug-likeness (QED) is 0.444. The molecule has 1 saturated carbocycles. The van der Waals surface area contributed by atoms with Gasteiger partial charge in [-0.05, 0) is 12.8 Å². The molecule has 0 saturated heterocycles. The number of hydrogen-bond acceptors (Lipinski definition) is 3. The predicted octanol–water partition coefficient (Wildman–Crippen LogP) is 0.631. The third-order valence-corrected chi connectivity index (χ3v) is 2.16. The number of carbonyl (C=O) groups excluding carboxylic acids is 2. The molecule has 0 radical (unpaired) electrons. The van der Waals surface area contributed by atoms with Crippen molar-refractivity contribution < 1.29 is 14.3 Å². The number of carbonyl (C=O) groups is 2. The zero-order valence-electron chi connectivity index (χ0n) is 6.74. The Morgan fingerprint density at radius 3 is 2.64 bits per heavy atom. The van der Waals surface area contributed by atoms with Gasteiger partial charge in [0.15, 0.2) is 0 Å². The van der Waals surface area contributed by atoms with Crippen molar-refractivity contribution >= 4 is 12.3 Å². The van der Waals surface area contributed by atoms with Gasteiger partial charge in [-0.15, -0.1) is 0 Å². The first-order chi connectivity index (χ1) is 5.22. The molecule has 1 aliphatic carbocycles. The van der Waals surface area contributed by atoms with E-state index in [0.29, 0.717) is 6.61 Å². The third kappa shape index (κ3) is 1.42. The summed E-state index contributed by atoms with van der Waals surface area (Å²) in [5.74, 6) is -0.287. The van der Waals surface area contributed by atoms with Gasteiger partial charge in [0.05, 0.1) is 12.5 Å². The van der Waals surface area contributed by atoms with Crippen molar-refractivity contribution in [3.63, 3.8) is 0 Å². The van der Waals surface area contributed by atoms with Crippen LogP contribution in [-0.4, -0.2) is 18.9 Å². The number of rotatable bonds is 3. The summed E-state index contributed by atoms with van der Waals surface area (Å²) in [6.07, 6.45) is 0.840. The Hall–Kier alpha value is -0.860. The summed E-state index contributed by atoms with van der Waals surface area (Å²) in [5, 5.41) is 0. The molecular weight excluding hydrogens is 144 g/mol. The van der Waals surface area contributed by atoms with Crippen molar-refractivity contribution in [3.05, 3.63) is 0 Å². The zero-order valence-corrected chi connectivity index (χ0v) is 6.74. The van der Waals surface area contributed by atoms with E-state index in [4.69, 9.17) is 4.74 Å². The van der Waals surface area contributed by atoms with E-state index in [-0.39, 0.29) is 23.7 Å². The second-order valence-corrected chi connectivity index (χ2v) is 2.85. The molecule has 3 atom stereocenters. The molecule has 0 aliphatic heterocycles. The topological polar surface area (TPSA) is 43.4 Å². The van der Waals surface area contributed by atoms with Crippen LogP contribution in [0, 0.1) is 17.8 Å². The SMILES string of the molecule is CCOC(=O)[C@H]1[C@H](C)[C@H]1C=O. The van der Waals surface area contributed by atoms with E-state index in [1.54, 1.807) is 6.92 Å². The van der Waals surface area contributed by atoms with Crippen molar-refractivity contribution in [3.8, 4) is 0 Å². The maximum absolute atomic E-state index is 11.0. The normalized spacial score (nSPS) is 34.5. The van der Waals surface area contributed by atoms with E-state index in [0.717, 1.165) is 6.29 Å². The van der Waals surface area contributed by atoms with Crippen LogP contribution in [0.15, 0.2) is 0 Å². The van der Waals surface area contributed by atoms with Crippen LogP contribution >= 0.6 is 0 Å². The van der Waals surface area contributed by atoms with Crippen LogP contribution in [-0.2, 0) is 14.3 Å². The summed E-state index contributed by atoms with van der Waals surface area (Å²) in [6.45, 7) is 4.05. The van der Waals surface area contributed by atoms with E-state index < -0.39 is 0 Å². The van der Waals surface area contributed by atoms with Gasteiger partial charge in [-0.2, -0.15) is 0 Å². The van der Waals surface area contributed by atoms with Gasteiger partial charge in [0.1, 0.15) is 6.29 Å². The molecule has 3 heteroatoms. The van der Waals surface area contributed by atoms with Gasteiger partial charge in [0, 0.05) is 5.92 Å². The Morgan fingerprint density at radius 2 is 2.27 bits per heavy atom. The molecule has 0 aromatic carbocycles. The summed E-state index contributed by atoms with van der Waals surface area (Å²) in [6, 6.07) is 0. The van der Waals surface area contributed by atoms with Gasteiger partial charge in [-0.25, -0.2) is 0 Å². The fourth-order valence-electron chi connectivity index (χ4n) is 1.31. The fraction of sp³-hybridized carbons (Fsp3) is 0.750. The maximum atomic E-state index is 11.0. The van der Waals surface area contributed by atoms with Crippen molar-refractivity contribution in [2.75, 3.05) is 6.61 Å². The molecule has 0 bridgehead atoms. The first-order valence-corrected chi connectivity index (χ1v) is 3.84. The average Bonchev–Trinajstić information content (AvgIpc) is 2.61. The Morgan fingerprint density at radius 1 is 1.64 bits per heavy atom. The van der Waals surface area contributed by atoms with Crippen LogP contribution < -0.4 is 0 Å². The lowest BCUT2D eigenvalue weighted by atomic mass is 10.3. The van der Waals surface area contributed by atoms with E-state index in [1.807, 2.05) is 6.92 Å². The van der Waals surface area contributed by atoms with Crippen LogP contribution in [0.2, 0.25) is 0 Å². The number of hydrogen-bond donors (Lipinski definition) is 0. The molecule has 62 valence electrons. The molecule has 11 heavy (non-hydrogen) atoms. The summed E-state index contributed by atoms with van der Waals surface area (Å²) in [7, 11) is 0. The minimum atomic E-state index is -0.225. The number of ether oxygens (including phenoxy) is 1. The summed E-state index contributed by atoms with van der Waals surface area (Å²) < 4.78 is 4.77. The highest BCUT2D eigenvalue weighted by atomic mass is 16.5. The lowest BCUT2D eigenvalue weighted by molar-refractivity contribution is -0.145. The monoisotopic (exact) mass is 156 g/mol. The molecule has 0 amide bonds. The highest BCUT2D eigenvalue weighted by Gasteiger charge is 2.52. The van der Waals surface area contributed by atoms with E-state index in [9.17, 15) is 9.59 Å². The fourth-order valence-corrected chi connectivity index (χ4v) is 1.31. The Labute approximate surface area is 65.7 Å². The third-order valence-electron chi connectivity index (χ3n) is 2.16. The first-order valence-electron chi connectivity index (χ1n) is 3.84. The molecule has 0 unspecified atom stereocenters. The van der Waals surface area contributed by atoms with Crippen LogP contribution in [0.4, 0.5) is 0 Å². The largest absolute Gasteiger partial charge is 0.466 e. The molecule has 0 aromatic heterocycles. The second kappa shape index (κ2) is 3.03. The van der Waals surface area contributed by atoms with Gasteiger partial charge in [-0.3, -0.25) is 4.79 Å². The molecular formula is C8H12O3. The highest BCUT2D eigenvalue weighted by Crippen LogP contribution is 2.44. The van der Waals surface area contributed by atoms with Crippen LogP contribution in [0.5, 0.6) is 0 Å². The lowest BCUT2D eigenvalue weighted by Gasteiger charge is -1.97. The van der Waals surface area contributed by atoms with Crippen molar-refractivity contribution in [1.82, 2.24) is 0 Å². The Bertz CT molecular complexity index is 176. The summed E-state index contributed by atoms with van der Waals surface area (Å²) in [5.41, 5.74) is 0. The van der Waals surface area contributed by atoms with Crippen LogP contribution in [0.25, 0.3) is 0 Å². The predicted molar refractivity (Wildman–Crippen MR) is 38.8 cm³/mol. The lowest BCUT2D eigenvalue weighted by Crippen LogP contribution is -2.08. The first kappa shape index (κ1) is 8.24. The number of esters is 1.